The average molecular weight is 286 g/mol. The Balaban J connectivity index is 1.97. The second kappa shape index (κ2) is 5.09. The maximum Gasteiger partial charge on any atom is 0.194 e. The van der Waals surface area contributed by atoms with Gasteiger partial charge in [-0.15, -0.1) is 11.3 Å². The molecule has 0 bridgehead atoms. The van der Waals surface area contributed by atoms with Gasteiger partial charge in [0.05, 0.1) is 11.8 Å². The third-order valence-electron chi connectivity index (χ3n) is 2.87. The summed E-state index contributed by atoms with van der Waals surface area (Å²) in [5, 5.41) is 2.04. The van der Waals surface area contributed by atoms with E-state index in [2.05, 4.69) is 4.98 Å². The molecule has 0 radical (unpaired) electrons. The summed E-state index contributed by atoms with van der Waals surface area (Å²) in [5.74, 6) is 0.856. The van der Waals surface area contributed by atoms with Gasteiger partial charge in [-0.2, -0.15) is 0 Å². The standard InChI is InChI=1S/C15H14N2O2S/c1-10(2)19-13-5-3-11(4-6-13)14-9-20-15-16-12(8-18)7-17(14)15/h3-10H,1-2H3. The molecule has 2 heterocycles. The van der Waals surface area contributed by atoms with Crippen LogP contribution >= 0.6 is 11.3 Å². The highest BCUT2D eigenvalue weighted by Crippen LogP contribution is 2.27. The minimum Gasteiger partial charge on any atom is -0.491 e. The summed E-state index contributed by atoms with van der Waals surface area (Å²) in [6, 6.07) is 7.94. The largest absolute Gasteiger partial charge is 0.491 e. The summed E-state index contributed by atoms with van der Waals surface area (Å²) in [7, 11) is 0. The third-order valence-corrected chi connectivity index (χ3v) is 3.71. The molecule has 0 amide bonds. The lowest BCUT2D eigenvalue weighted by atomic mass is 10.1. The Morgan fingerprint density at radius 1 is 1.30 bits per heavy atom. The fourth-order valence-corrected chi connectivity index (χ4v) is 2.93. The van der Waals surface area contributed by atoms with Crippen LogP contribution in [0.15, 0.2) is 35.8 Å². The molecular formula is C15H14N2O2S. The van der Waals surface area contributed by atoms with Gasteiger partial charge in [0.25, 0.3) is 0 Å². The molecule has 0 spiro atoms. The molecule has 0 atom stereocenters. The fourth-order valence-electron chi connectivity index (χ4n) is 2.04. The van der Waals surface area contributed by atoms with E-state index in [0.29, 0.717) is 5.69 Å². The van der Waals surface area contributed by atoms with Gasteiger partial charge in [0.1, 0.15) is 11.4 Å². The van der Waals surface area contributed by atoms with E-state index in [0.717, 1.165) is 28.3 Å². The van der Waals surface area contributed by atoms with Gasteiger partial charge in [-0.05, 0) is 43.7 Å². The molecule has 1 aromatic carbocycles. The van der Waals surface area contributed by atoms with E-state index < -0.39 is 0 Å². The van der Waals surface area contributed by atoms with Gasteiger partial charge >= 0.3 is 0 Å². The molecule has 0 saturated carbocycles. The van der Waals surface area contributed by atoms with Crippen LogP contribution in [-0.4, -0.2) is 21.8 Å². The molecule has 0 aliphatic rings. The number of nitrogens with zero attached hydrogens (tertiary/aromatic N) is 2. The van der Waals surface area contributed by atoms with E-state index >= 15 is 0 Å². The number of aldehydes is 1. The molecular weight excluding hydrogens is 272 g/mol. The van der Waals surface area contributed by atoms with E-state index in [1.54, 1.807) is 6.20 Å². The Morgan fingerprint density at radius 3 is 2.70 bits per heavy atom. The monoisotopic (exact) mass is 286 g/mol. The molecule has 0 N–H and O–H groups in total. The zero-order valence-electron chi connectivity index (χ0n) is 11.2. The van der Waals surface area contributed by atoms with Gasteiger partial charge in [-0.25, -0.2) is 4.98 Å². The summed E-state index contributed by atoms with van der Waals surface area (Å²) in [5.41, 5.74) is 2.56. The van der Waals surface area contributed by atoms with Crippen LogP contribution in [0.25, 0.3) is 16.2 Å². The number of fused-ring (bicyclic) bond motifs is 1. The topological polar surface area (TPSA) is 43.6 Å². The van der Waals surface area contributed by atoms with Gasteiger partial charge < -0.3 is 4.74 Å². The minimum absolute atomic E-state index is 0.164. The second-order valence-corrected chi connectivity index (χ2v) is 5.58. The molecule has 4 nitrogen and oxygen atoms in total. The number of benzene rings is 1. The van der Waals surface area contributed by atoms with Crippen LogP contribution in [0.4, 0.5) is 0 Å². The molecule has 0 aliphatic heterocycles. The molecule has 3 rings (SSSR count). The van der Waals surface area contributed by atoms with E-state index in [4.69, 9.17) is 4.74 Å². The zero-order chi connectivity index (χ0) is 14.1. The van der Waals surface area contributed by atoms with E-state index in [1.165, 1.54) is 11.3 Å². The summed E-state index contributed by atoms with van der Waals surface area (Å²) < 4.78 is 7.57. The van der Waals surface area contributed by atoms with Crippen molar-refractivity contribution in [3.8, 4) is 17.0 Å². The van der Waals surface area contributed by atoms with Crippen molar-refractivity contribution in [1.82, 2.24) is 9.38 Å². The van der Waals surface area contributed by atoms with E-state index in [-0.39, 0.29) is 6.10 Å². The van der Waals surface area contributed by atoms with Crippen molar-refractivity contribution in [3.63, 3.8) is 0 Å². The van der Waals surface area contributed by atoms with E-state index in [1.807, 2.05) is 47.9 Å². The summed E-state index contributed by atoms with van der Waals surface area (Å²) in [6.07, 6.45) is 2.69. The molecule has 0 fully saturated rings. The second-order valence-electron chi connectivity index (χ2n) is 4.75. The number of hydrogen-bond donors (Lipinski definition) is 0. The first-order valence-electron chi connectivity index (χ1n) is 6.36. The first-order chi connectivity index (χ1) is 9.67. The lowest BCUT2D eigenvalue weighted by molar-refractivity contribution is 0.111. The molecule has 0 aliphatic carbocycles. The summed E-state index contributed by atoms with van der Waals surface area (Å²) in [6.45, 7) is 4.01. The molecule has 5 heteroatoms. The number of imidazole rings is 1. The van der Waals surface area contributed by atoms with Crippen molar-refractivity contribution in [2.75, 3.05) is 0 Å². The van der Waals surface area contributed by atoms with Crippen molar-refractivity contribution in [3.05, 3.63) is 41.5 Å². The number of carbonyl (C=O) groups is 1. The van der Waals surface area contributed by atoms with Crippen LogP contribution in [0.1, 0.15) is 24.3 Å². The molecule has 0 saturated heterocycles. The van der Waals surface area contributed by atoms with Crippen LogP contribution in [0.2, 0.25) is 0 Å². The Bertz CT molecular complexity index is 741. The van der Waals surface area contributed by atoms with Crippen LogP contribution in [0.5, 0.6) is 5.75 Å². The predicted octanol–water partition coefficient (Wildman–Crippen LogP) is 3.66. The average Bonchev–Trinajstić information content (AvgIpc) is 2.98. The molecule has 0 unspecified atom stereocenters. The minimum atomic E-state index is 0.164. The van der Waals surface area contributed by atoms with Crippen molar-refractivity contribution >= 4 is 22.6 Å². The number of hydrogen-bond acceptors (Lipinski definition) is 4. The Hall–Kier alpha value is -2.14. The van der Waals surface area contributed by atoms with E-state index in [9.17, 15) is 4.79 Å². The maximum absolute atomic E-state index is 10.8. The summed E-state index contributed by atoms with van der Waals surface area (Å²) in [4.78, 5) is 15.8. The maximum atomic E-state index is 10.8. The zero-order valence-corrected chi connectivity index (χ0v) is 12.1. The normalized spacial score (nSPS) is 11.2. The Labute approximate surface area is 120 Å². The molecule has 102 valence electrons. The van der Waals surface area contributed by atoms with Crippen LogP contribution in [0, 0.1) is 0 Å². The molecule has 3 aromatic rings. The van der Waals surface area contributed by atoms with Crippen LogP contribution in [-0.2, 0) is 0 Å². The predicted molar refractivity (Wildman–Crippen MR) is 79.7 cm³/mol. The van der Waals surface area contributed by atoms with Crippen LogP contribution < -0.4 is 4.74 Å². The van der Waals surface area contributed by atoms with Gasteiger partial charge in [0, 0.05) is 11.6 Å². The smallest absolute Gasteiger partial charge is 0.194 e. The molecule has 20 heavy (non-hydrogen) atoms. The Morgan fingerprint density at radius 2 is 2.05 bits per heavy atom. The molecule has 2 aromatic heterocycles. The number of thiazole rings is 1. The van der Waals surface area contributed by atoms with Crippen molar-refractivity contribution in [1.29, 1.82) is 0 Å². The SMILES string of the molecule is CC(C)Oc1ccc(-c2csc3nc(C=O)cn23)cc1. The van der Waals surface area contributed by atoms with Crippen molar-refractivity contribution < 1.29 is 9.53 Å². The first-order valence-corrected chi connectivity index (χ1v) is 7.24. The lowest BCUT2D eigenvalue weighted by Gasteiger charge is -2.09. The first kappa shape index (κ1) is 12.9. The highest BCUT2D eigenvalue weighted by molar-refractivity contribution is 7.15. The van der Waals surface area contributed by atoms with Crippen LogP contribution in [0.3, 0.4) is 0 Å². The highest BCUT2D eigenvalue weighted by atomic mass is 32.1. The lowest BCUT2D eigenvalue weighted by Crippen LogP contribution is -2.05. The number of rotatable bonds is 4. The number of carbonyl (C=O) groups excluding carboxylic acids is 1. The van der Waals surface area contributed by atoms with Gasteiger partial charge in [-0.1, -0.05) is 0 Å². The third kappa shape index (κ3) is 2.32. The Kier molecular flexibility index (Phi) is 3.28. The van der Waals surface area contributed by atoms with Crippen molar-refractivity contribution in [2.45, 2.75) is 20.0 Å². The van der Waals surface area contributed by atoms with Gasteiger partial charge in [-0.3, -0.25) is 9.20 Å². The fraction of sp³-hybridized carbons (Fsp3) is 0.200. The number of ether oxygens (including phenoxy) is 1. The summed E-state index contributed by atoms with van der Waals surface area (Å²) >= 11 is 1.52. The van der Waals surface area contributed by atoms with Gasteiger partial charge in [0.15, 0.2) is 11.2 Å². The number of aromatic nitrogens is 2. The van der Waals surface area contributed by atoms with Gasteiger partial charge in [0.2, 0.25) is 0 Å². The quantitative estimate of drug-likeness (QED) is 0.687. The van der Waals surface area contributed by atoms with Crippen molar-refractivity contribution in [2.24, 2.45) is 0 Å². The highest BCUT2D eigenvalue weighted by Gasteiger charge is 2.09.